The van der Waals surface area contributed by atoms with Crippen LogP contribution in [0.15, 0.2) is 0 Å². The molecule has 0 saturated carbocycles. The van der Waals surface area contributed by atoms with Crippen molar-refractivity contribution in [2.24, 2.45) is 0 Å². The van der Waals surface area contributed by atoms with Gasteiger partial charge in [0.05, 0.1) is 7.11 Å². The van der Waals surface area contributed by atoms with E-state index in [0.29, 0.717) is 16.9 Å². The van der Waals surface area contributed by atoms with E-state index in [1.807, 2.05) is 0 Å². The van der Waals surface area contributed by atoms with Gasteiger partial charge in [-0.05, 0) is 19.8 Å². The summed E-state index contributed by atoms with van der Waals surface area (Å²) in [6.07, 6.45) is 4.63. The first-order chi connectivity index (χ1) is 9.15. The molecule has 1 aliphatic rings. The SMILES string of the molecule is COC(=O)c1c(N2CCCCCC2)nnc(Cl)c1C. The predicted molar refractivity (Wildman–Crippen MR) is 73.8 cm³/mol. The third-order valence-corrected chi connectivity index (χ3v) is 3.79. The quantitative estimate of drug-likeness (QED) is 0.781. The number of rotatable bonds is 2. The lowest BCUT2D eigenvalue weighted by molar-refractivity contribution is 0.0600. The maximum atomic E-state index is 12.0. The molecule has 1 saturated heterocycles. The second-order valence-electron chi connectivity index (χ2n) is 4.71. The molecule has 5 nitrogen and oxygen atoms in total. The van der Waals surface area contributed by atoms with Crippen LogP contribution in [0.4, 0.5) is 5.82 Å². The highest BCUT2D eigenvalue weighted by molar-refractivity contribution is 6.30. The topological polar surface area (TPSA) is 55.3 Å². The van der Waals surface area contributed by atoms with Crippen LogP contribution >= 0.6 is 11.6 Å². The Morgan fingerprint density at radius 1 is 1.21 bits per heavy atom. The molecule has 1 aromatic heterocycles. The fourth-order valence-corrected chi connectivity index (χ4v) is 2.47. The van der Waals surface area contributed by atoms with Gasteiger partial charge in [0, 0.05) is 18.7 Å². The molecule has 0 radical (unpaired) electrons. The summed E-state index contributed by atoms with van der Waals surface area (Å²) in [5.41, 5.74) is 1.06. The number of ether oxygens (including phenoxy) is 1. The molecule has 6 heteroatoms. The highest BCUT2D eigenvalue weighted by atomic mass is 35.5. The average molecular weight is 284 g/mol. The molecule has 0 N–H and O–H groups in total. The molecule has 104 valence electrons. The van der Waals surface area contributed by atoms with E-state index in [4.69, 9.17) is 16.3 Å². The van der Waals surface area contributed by atoms with Crippen LogP contribution < -0.4 is 4.90 Å². The molecule has 0 unspecified atom stereocenters. The summed E-state index contributed by atoms with van der Waals surface area (Å²) in [5.74, 6) is 0.184. The summed E-state index contributed by atoms with van der Waals surface area (Å²) in [7, 11) is 1.36. The number of hydrogen-bond donors (Lipinski definition) is 0. The van der Waals surface area contributed by atoms with Crippen molar-refractivity contribution >= 4 is 23.4 Å². The van der Waals surface area contributed by atoms with E-state index in [9.17, 15) is 4.79 Å². The van der Waals surface area contributed by atoms with Crippen LogP contribution in [0.5, 0.6) is 0 Å². The lowest BCUT2D eigenvalue weighted by Gasteiger charge is -2.23. The van der Waals surface area contributed by atoms with Crippen molar-refractivity contribution in [2.45, 2.75) is 32.6 Å². The third kappa shape index (κ3) is 2.97. The Bertz CT molecular complexity index is 471. The van der Waals surface area contributed by atoms with Gasteiger partial charge in [0.2, 0.25) is 0 Å². The molecular weight excluding hydrogens is 266 g/mol. The number of carbonyl (C=O) groups excluding carboxylic acids is 1. The largest absolute Gasteiger partial charge is 0.465 e. The van der Waals surface area contributed by atoms with Gasteiger partial charge in [-0.3, -0.25) is 0 Å². The Hall–Kier alpha value is -1.36. The Balaban J connectivity index is 2.43. The Kier molecular flexibility index (Phi) is 4.58. The fraction of sp³-hybridized carbons (Fsp3) is 0.615. The van der Waals surface area contributed by atoms with Crippen molar-refractivity contribution in [2.75, 3.05) is 25.1 Å². The van der Waals surface area contributed by atoms with E-state index in [1.165, 1.54) is 20.0 Å². The number of aromatic nitrogens is 2. The molecule has 0 bridgehead atoms. The van der Waals surface area contributed by atoms with Crippen LogP contribution in [-0.2, 0) is 4.74 Å². The van der Waals surface area contributed by atoms with E-state index in [2.05, 4.69) is 15.1 Å². The Morgan fingerprint density at radius 3 is 2.42 bits per heavy atom. The standard InChI is InChI=1S/C13H18ClN3O2/c1-9-10(13(18)19-2)12(16-15-11(9)14)17-7-5-3-4-6-8-17/h3-8H2,1-2H3. The molecule has 0 spiro atoms. The monoisotopic (exact) mass is 283 g/mol. The van der Waals surface area contributed by atoms with Crippen molar-refractivity contribution in [1.29, 1.82) is 0 Å². The summed E-state index contributed by atoms with van der Waals surface area (Å²) >= 11 is 5.96. The van der Waals surface area contributed by atoms with Gasteiger partial charge in [0.1, 0.15) is 5.56 Å². The van der Waals surface area contributed by atoms with Gasteiger partial charge in [-0.25, -0.2) is 4.79 Å². The molecular formula is C13H18ClN3O2. The first-order valence-electron chi connectivity index (χ1n) is 6.51. The molecule has 0 atom stereocenters. The normalized spacial score (nSPS) is 16.1. The van der Waals surface area contributed by atoms with Crippen LogP contribution in [0.3, 0.4) is 0 Å². The number of hydrogen-bond acceptors (Lipinski definition) is 5. The number of anilines is 1. The minimum atomic E-state index is -0.409. The highest BCUT2D eigenvalue weighted by Crippen LogP contribution is 2.27. The predicted octanol–water partition coefficient (Wildman–Crippen LogP) is 2.61. The van der Waals surface area contributed by atoms with Crippen LogP contribution in [0.25, 0.3) is 0 Å². The lowest BCUT2D eigenvalue weighted by atomic mass is 10.1. The smallest absolute Gasteiger partial charge is 0.342 e. The minimum Gasteiger partial charge on any atom is -0.465 e. The number of esters is 1. The molecule has 1 fully saturated rings. The van der Waals surface area contributed by atoms with Crippen LogP contribution in [0.1, 0.15) is 41.6 Å². The fourth-order valence-electron chi connectivity index (χ4n) is 2.34. The van der Waals surface area contributed by atoms with E-state index in [0.717, 1.165) is 25.9 Å². The molecule has 2 heterocycles. The number of halogens is 1. The highest BCUT2D eigenvalue weighted by Gasteiger charge is 2.24. The molecule has 19 heavy (non-hydrogen) atoms. The van der Waals surface area contributed by atoms with E-state index in [1.54, 1.807) is 6.92 Å². The van der Waals surface area contributed by atoms with Gasteiger partial charge >= 0.3 is 5.97 Å². The van der Waals surface area contributed by atoms with Crippen molar-refractivity contribution in [3.05, 3.63) is 16.3 Å². The molecule has 2 rings (SSSR count). The van der Waals surface area contributed by atoms with Gasteiger partial charge in [-0.1, -0.05) is 24.4 Å². The van der Waals surface area contributed by atoms with Crippen LogP contribution in [-0.4, -0.2) is 36.4 Å². The van der Waals surface area contributed by atoms with E-state index < -0.39 is 5.97 Å². The number of carbonyl (C=O) groups is 1. The number of nitrogens with zero attached hydrogens (tertiary/aromatic N) is 3. The van der Waals surface area contributed by atoms with Gasteiger partial charge < -0.3 is 9.64 Å². The molecule has 0 aromatic carbocycles. The first-order valence-corrected chi connectivity index (χ1v) is 6.89. The lowest BCUT2D eigenvalue weighted by Crippen LogP contribution is -2.28. The summed E-state index contributed by atoms with van der Waals surface area (Å²) in [4.78, 5) is 14.1. The van der Waals surface area contributed by atoms with Gasteiger partial charge in [0.25, 0.3) is 0 Å². The minimum absolute atomic E-state index is 0.249. The Morgan fingerprint density at radius 2 is 1.84 bits per heavy atom. The summed E-state index contributed by atoms with van der Waals surface area (Å²) < 4.78 is 4.84. The first kappa shape index (κ1) is 14.1. The molecule has 1 aliphatic heterocycles. The van der Waals surface area contributed by atoms with Crippen molar-refractivity contribution in [3.8, 4) is 0 Å². The zero-order chi connectivity index (χ0) is 13.8. The zero-order valence-electron chi connectivity index (χ0n) is 11.3. The summed E-state index contributed by atoms with van der Waals surface area (Å²) in [6, 6.07) is 0. The zero-order valence-corrected chi connectivity index (χ0v) is 12.0. The molecule has 0 aliphatic carbocycles. The van der Waals surface area contributed by atoms with Crippen LogP contribution in [0.2, 0.25) is 5.15 Å². The average Bonchev–Trinajstić information content (AvgIpc) is 2.69. The van der Waals surface area contributed by atoms with Gasteiger partial charge in [-0.15, -0.1) is 10.2 Å². The van der Waals surface area contributed by atoms with E-state index >= 15 is 0 Å². The maximum Gasteiger partial charge on any atom is 0.342 e. The number of methoxy groups -OCH3 is 1. The second kappa shape index (κ2) is 6.19. The maximum absolute atomic E-state index is 12.0. The van der Waals surface area contributed by atoms with Crippen LogP contribution in [0, 0.1) is 6.92 Å². The van der Waals surface area contributed by atoms with Crippen molar-refractivity contribution in [1.82, 2.24) is 10.2 Å². The molecule has 0 amide bonds. The van der Waals surface area contributed by atoms with Gasteiger partial charge in [-0.2, -0.15) is 0 Å². The second-order valence-corrected chi connectivity index (χ2v) is 5.07. The summed E-state index contributed by atoms with van der Waals surface area (Å²) in [5, 5.41) is 8.29. The third-order valence-electron chi connectivity index (χ3n) is 3.44. The molecule has 1 aromatic rings. The van der Waals surface area contributed by atoms with Crippen molar-refractivity contribution < 1.29 is 9.53 Å². The Labute approximate surface area is 117 Å². The summed E-state index contributed by atoms with van der Waals surface area (Å²) in [6.45, 7) is 3.55. The van der Waals surface area contributed by atoms with Gasteiger partial charge in [0.15, 0.2) is 11.0 Å². The van der Waals surface area contributed by atoms with E-state index in [-0.39, 0.29) is 5.15 Å². The van der Waals surface area contributed by atoms with Crippen molar-refractivity contribution in [3.63, 3.8) is 0 Å².